The maximum atomic E-state index is 13.5. The van der Waals surface area contributed by atoms with Crippen molar-refractivity contribution in [2.24, 2.45) is 0 Å². The van der Waals surface area contributed by atoms with Gasteiger partial charge >= 0.3 is 0 Å². The van der Waals surface area contributed by atoms with Crippen molar-refractivity contribution in [3.63, 3.8) is 0 Å². The SMILES string of the molecule is CCOc1ccc(-c2coc3c(C)c(OCC)c(/C(C)=C/C(=O)Nc4ccc(F)c(F)c4)cc23)cc1. The van der Waals surface area contributed by atoms with Crippen molar-refractivity contribution < 1.29 is 27.5 Å². The van der Waals surface area contributed by atoms with Crippen molar-refractivity contribution >= 4 is 28.1 Å². The molecule has 0 unspecified atom stereocenters. The number of aryl methyl sites for hydroxylation is 1. The van der Waals surface area contributed by atoms with Crippen molar-refractivity contribution in [2.45, 2.75) is 27.7 Å². The Morgan fingerprint density at radius 1 is 1.00 bits per heavy atom. The molecule has 0 spiro atoms. The molecule has 4 aromatic rings. The Hall–Kier alpha value is -4.13. The highest BCUT2D eigenvalue weighted by atomic mass is 19.2. The molecule has 5 nitrogen and oxygen atoms in total. The lowest BCUT2D eigenvalue weighted by molar-refractivity contribution is -0.111. The second-order valence-electron chi connectivity index (χ2n) is 8.24. The van der Waals surface area contributed by atoms with E-state index in [0.717, 1.165) is 45.5 Å². The van der Waals surface area contributed by atoms with Crippen molar-refractivity contribution in [1.82, 2.24) is 0 Å². The molecule has 1 amide bonds. The summed E-state index contributed by atoms with van der Waals surface area (Å²) in [6.45, 7) is 8.55. The molecule has 0 radical (unpaired) electrons. The van der Waals surface area contributed by atoms with Crippen LogP contribution in [0, 0.1) is 18.6 Å². The lowest BCUT2D eigenvalue weighted by Gasteiger charge is -2.15. The summed E-state index contributed by atoms with van der Waals surface area (Å²) in [4.78, 5) is 12.7. The van der Waals surface area contributed by atoms with Crippen LogP contribution in [0.1, 0.15) is 31.9 Å². The van der Waals surface area contributed by atoms with Gasteiger partial charge in [-0.1, -0.05) is 12.1 Å². The van der Waals surface area contributed by atoms with Crippen molar-refractivity contribution in [3.05, 3.63) is 83.6 Å². The summed E-state index contributed by atoms with van der Waals surface area (Å²) in [5, 5.41) is 3.45. The molecular weight excluding hydrogens is 464 g/mol. The van der Waals surface area contributed by atoms with E-state index in [1.54, 1.807) is 13.2 Å². The molecule has 3 aromatic carbocycles. The highest BCUT2D eigenvalue weighted by Crippen LogP contribution is 2.41. The summed E-state index contributed by atoms with van der Waals surface area (Å²) < 4.78 is 44.2. The summed E-state index contributed by atoms with van der Waals surface area (Å²) in [5.74, 6) is -1.08. The van der Waals surface area contributed by atoms with Gasteiger partial charge in [0.15, 0.2) is 11.6 Å². The Morgan fingerprint density at radius 2 is 1.72 bits per heavy atom. The van der Waals surface area contributed by atoms with Crippen LogP contribution in [0.2, 0.25) is 0 Å². The molecule has 0 saturated carbocycles. The Morgan fingerprint density at radius 3 is 2.39 bits per heavy atom. The van der Waals surface area contributed by atoms with Gasteiger partial charge in [0.1, 0.15) is 17.1 Å². The number of benzene rings is 3. The molecule has 186 valence electrons. The average molecular weight is 492 g/mol. The third-order valence-corrected chi connectivity index (χ3v) is 5.77. The molecule has 0 saturated heterocycles. The maximum Gasteiger partial charge on any atom is 0.248 e. The average Bonchev–Trinajstić information content (AvgIpc) is 3.28. The lowest BCUT2D eigenvalue weighted by Crippen LogP contribution is -2.09. The summed E-state index contributed by atoms with van der Waals surface area (Å²) in [6, 6.07) is 12.9. The van der Waals surface area contributed by atoms with Crippen molar-refractivity contribution in [2.75, 3.05) is 18.5 Å². The largest absolute Gasteiger partial charge is 0.494 e. The quantitative estimate of drug-likeness (QED) is 0.259. The number of amides is 1. The molecule has 0 aliphatic carbocycles. The molecule has 0 atom stereocenters. The molecule has 0 fully saturated rings. The Bertz CT molecular complexity index is 1440. The molecule has 7 heteroatoms. The predicted octanol–water partition coefficient (Wildman–Crippen LogP) is 7.53. The maximum absolute atomic E-state index is 13.5. The lowest BCUT2D eigenvalue weighted by atomic mass is 9.96. The van der Waals surface area contributed by atoms with Crippen LogP contribution in [-0.2, 0) is 4.79 Å². The van der Waals surface area contributed by atoms with E-state index in [1.807, 2.05) is 51.1 Å². The first-order valence-electron chi connectivity index (χ1n) is 11.7. The van der Waals surface area contributed by atoms with E-state index in [-0.39, 0.29) is 5.69 Å². The molecule has 0 aliphatic heterocycles. The van der Waals surface area contributed by atoms with E-state index >= 15 is 0 Å². The smallest absolute Gasteiger partial charge is 0.248 e. The van der Waals surface area contributed by atoms with Crippen LogP contribution in [0.15, 0.2) is 65.3 Å². The zero-order valence-corrected chi connectivity index (χ0v) is 20.6. The number of carbonyl (C=O) groups excluding carboxylic acids is 1. The summed E-state index contributed by atoms with van der Waals surface area (Å²) >= 11 is 0. The van der Waals surface area contributed by atoms with Crippen LogP contribution >= 0.6 is 0 Å². The first-order valence-corrected chi connectivity index (χ1v) is 11.7. The molecule has 0 bridgehead atoms. The van der Waals surface area contributed by atoms with Gasteiger partial charge in [0.25, 0.3) is 0 Å². The number of hydrogen-bond donors (Lipinski definition) is 1. The third kappa shape index (κ3) is 5.10. The normalized spacial score (nSPS) is 11.6. The molecule has 1 heterocycles. The second-order valence-corrected chi connectivity index (χ2v) is 8.24. The number of carbonyl (C=O) groups is 1. The Kier molecular flexibility index (Phi) is 7.38. The third-order valence-electron chi connectivity index (χ3n) is 5.77. The van der Waals surface area contributed by atoms with Crippen LogP contribution in [-0.4, -0.2) is 19.1 Å². The van der Waals surface area contributed by atoms with E-state index < -0.39 is 17.5 Å². The minimum Gasteiger partial charge on any atom is -0.494 e. The zero-order chi connectivity index (χ0) is 25.8. The minimum absolute atomic E-state index is 0.159. The molecule has 4 rings (SSSR count). The van der Waals surface area contributed by atoms with Gasteiger partial charge in [-0.2, -0.15) is 0 Å². The number of rotatable bonds is 8. The minimum atomic E-state index is -1.03. The van der Waals surface area contributed by atoms with Gasteiger partial charge < -0.3 is 19.2 Å². The predicted molar refractivity (Wildman–Crippen MR) is 137 cm³/mol. The first-order chi connectivity index (χ1) is 17.3. The number of nitrogens with one attached hydrogen (secondary N) is 1. The number of hydrogen-bond acceptors (Lipinski definition) is 4. The number of fused-ring (bicyclic) bond motifs is 1. The van der Waals surface area contributed by atoms with Gasteiger partial charge in [-0.15, -0.1) is 0 Å². The fourth-order valence-electron chi connectivity index (χ4n) is 4.09. The zero-order valence-electron chi connectivity index (χ0n) is 20.6. The standard InChI is InChI=1S/C29H27F2NO4/c1-5-34-21-10-7-19(8-11-21)24-16-36-29-18(4)28(35-6-2)22(15-23(24)29)17(3)13-27(33)32-20-9-12-25(30)26(31)14-20/h7-16H,5-6H2,1-4H3,(H,32,33)/b17-13+. The van der Waals surface area contributed by atoms with E-state index in [4.69, 9.17) is 13.9 Å². The van der Waals surface area contributed by atoms with E-state index in [2.05, 4.69) is 5.32 Å². The summed E-state index contributed by atoms with van der Waals surface area (Å²) in [7, 11) is 0. The van der Waals surface area contributed by atoms with Gasteiger partial charge in [0.05, 0.1) is 19.5 Å². The molecule has 0 aliphatic rings. The first kappa shape index (κ1) is 25.0. The topological polar surface area (TPSA) is 60.7 Å². The van der Waals surface area contributed by atoms with Crippen LogP contribution in [0.25, 0.3) is 27.7 Å². The van der Waals surface area contributed by atoms with Crippen LogP contribution in [0.3, 0.4) is 0 Å². The molecule has 1 N–H and O–H groups in total. The summed E-state index contributed by atoms with van der Waals surface area (Å²) in [5.41, 5.74) is 4.91. The van der Waals surface area contributed by atoms with Gasteiger partial charge in [-0.25, -0.2) is 8.78 Å². The number of furan rings is 1. The fourth-order valence-corrected chi connectivity index (χ4v) is 4.09. The van der Waals surface area contributed by atoms with E-state index in [0.29, 0.717) is 30.1 Å². The number of halogens is 2. The molecule has 36 heavy (non-hydrogen) atoms. The highest BCUT2D eigenvalue weighted by molar-refractivity contribution is 6.06. The van der Waals surface area contributed by atoms with Crippen LogP contribution < -0.4 is 14.8 Å². The molecular formula is C29H27F2NO4. The van der Waals surface area contributed by atoms with E-state index in [1.165, 1.54) is 12.1 Å². The van der Waals surface area contributed by atoms with Crippen LogP contribution in [0.5, 0.6) is 11.5 Å². The van der Waals surface area contributed by atoms with E-state index in [9.17, 15) is 13.6 Å². The van der Waals surface area contributed by atoms with Crippen LogP contribution in [0.4, 0.5) is 14.5 Å². The van der Waals surface area contributed by atoms with Gasteiger partial charge in [0, 0.05) is 39.9 Å². The monoisotopic (exact) mass is 491 g/mol. The molecule has 1 aromatic heterocycles. The van der Waals surface area contributed by atoms with Gasteiger partial charge in [-0.3, -0.25) is 4.79 Å². The highest BCUT2D eigenvalue weighted by Gasteiger charge is 2.19. The number of anilines is 1. The van der Waals surface area contributed by atoms with Gasteiger partial charge in [0.2, 0.25) is 5.91 Å². The Labute approximate surface area is 208 Å². The Balaban J connectivity index is 1.74. The van der Waals surface area contributed by atoms with Gasteiger partial charge in [-0.05, 0) is 69.2 Å². The number of ether oxygens (including phenoxy) is 2. The fraction of sp³-hybridized carbons (Fsp3) is 0.207. The van der Waals surface area contributed by atoms with Crippen molar-refractivity contribution in [1.29, 1.82) is 0 Å². The summed E-state index contributed by atoms with van der Waals surface area (Å²) in [6.07, 6.45) is 3.11. The number of allylic oxidation sites excluding steroid dienone is 1. The second kappa shape index (κ2) is 10.6. The van der Waals surface area contributed by atoms with Crippen molar-refractivity contribution in [3.8, 4) is 22.6 Å².